The molecule has 4 rings (SSSR count). The van der Waals surface area contributed by atoms with Crippen molar-refractivity contribution >= 4 is 17.5 Å². The summed E-state index contributed by atoms with van der Waals surface area (Å²) in [6.45, 7) is 5.23. The van der Waals surface area contributed by atoms with Crippen LogP contribution >= 0.6 is 0 Å². The Morgan fingerprint density at radius 3 is 2.96 bits per heavy atom. The molecule has 1 spiro atoms. The number of rotatable bonds is 4. The Kier molecular flexibility index (Phi) is 5.10. The molecule has 7 nitrogen and oxygen atoms in total. The van der Waals surface area contributed by atoms with Gasteiger partial charge in [0.05, 0.1) is 12.3 Å². The molecule has 2 amide bonds. The number of carbonyl (C=O) groups is 2. The molecular weight excluding hydrogens is 356 g/mol. The lowest BCUT2D eigenvalue weighted by Crippen LogP contribution is -2.55. The number of amides is 2. The zero-order valence-electron chi connectivity index (χ0n) is 16.7. The monoisotopic (exact) mass is 384 g/mol. The summed E-state index contributed by atoms with van der Waals surface area (Å²) in [4.78, 5) is 34.1. The molecule has 7 heteroatoms. The third kappa shape index (κ3) is 3.39. The second-order valence-electron chi connectivity index (χ2n) is 8.11. The van der Waals surface area contributed by atoms with Gasteiger partial charge in [-0.15, -0.1) is 0 Å². The molecule has 150 valence electrons. The van der Waals surface area contributed by atoms with Gasteiger partial charge in [0, 0.05) is 51.3 Å². The first-order valence-corrected chi connectivity index (χ1v) is 10.0. The van der Waals surface area contributed by atoms with Gasteiger partial charge >= 0.3 is 0 Å². The van der Waals surface area contributed by atoms with E-state index in [1.54, 1.807) is 7.11 Å². The van der Waals surface area contributed by atoms with Gasteiger partial charge in [0.1, 0.15) is 11.3 Å². The quantitative estimate of drug-likeness (QED) is 0.810. The van der Waals surface area contributed by atoms with Gasteiger partial charge in [0.2, 0.25) is 5.91 Å². The van der Waals surface area contributed by atoms with Crippen LogP contribution in [0.15, 0.2) is 24.4 Å². The molecule has 1 atom stereocenters. The van der Waals surface area contributed by atoms with Crippen molar-refractivity contribution in [2.24, 2.45) is 5.41 Å². The van der Waals surface area contributed by atoms with Crippen molar-refractivity contribution in [1.29, 1.82) is 0 Å². The van der Waals surface area contributed by atoms with Crippen molar-refractivity contribution < 1.29 is 14.3 Å². The number of hydrogen-bond acceptors (Lipinski definition) is 4. The van der Waals surface area contributed by atoms with Crippen LogP contribution in [-0.2, 0) is 9.53 Å². The van der Waals surface area contributed by atoms with Crippen LogP contribution in [0.2, 0.25) is 0 Å². The van der Waals surface area contributed by atoms with Crippen molar-refractivity contribution in [3.05, 3.63) is 35.8 Å². The maximum absolute atomic E-state index is 13.4. The van der Waals surface area contributed by atoms with Crippen molar-refractivity contribution in [2.45, 2.75) is 32.6 Å². The highest BCUT2D eigenvalue weighted by Crippen LogP contribution is 2.39. The largest absolute Gasteiger partial charge is 0.383 e. The first kappa shape index (κ1) is 18.9. The first-order valence-electron chi connectivity index (χ1n) is 10.0. The number of ether oxygens (including phenoxy) is 1. The van der Waals surface area contributed by atoms with Crippen LogP contribution in [0.3, 0.4) is 0 Å². The standard InChI is InChI=1S/C21H28N4O3/c1-16-19(25-11-4-3-6-17(25)22-16)20(27)24-10-5-8-21(15-24)9-7-18(26)23(14-21)12-13-28-2/h3-4,6,11H,5,7-10,12-15H2,1-2H3. The summed E-state index contributed by atoms with van der Waals surface area (Å²) in [5.41, 5.74) is 2.19. The normalized spacial score (nSPS) is 23.0. The van der Waals surface area contributed by atoms with Crippen LogP contribution in [-0.4, -0.2) is 70.9 Å². The number of methoxy groups -OCH3 is 1. The average molecular weight is 384 g/mol. The van der Waals surface area contributed by atoms with E-state index in [0.717, 1.165) is 37.1 Å². The van der Waals surface area contributed by atoms with Gasteiger partial charge in [-0.05, 0) is 38.3 Å². The highest BCUT2D eigenvalue weighted by atomic mass is 16.5. The summed E-state index contributed by atoms with van der Waals surface area (Å²) >= 11 is 0. The topological polar surface area (TPSA) is 67.2 Å². The number of pyridine rings is 1. The Morgan fingerprint density at radius 1 is 1.29 bits per heavy atom. The second kappa shape index (κ2) is 7.54. The van der Waals surface area contributed by atoms with Crippen molar-refractivity contribution in [3.63, 3.8) is 0 Å². The Balaban J connectivity index is 1.55. The molecule has 1 unspecified atom stereocenters. The summed E-state index contributed by atoms with van der Waals surface area (Å²) in [6, 6.07) is 5.77. The van der Waals surface area contributed by atoms with Gasteiger partial charge in [-0.3, -0.25) is 14.0 Å². The lowest BCUT2D eigenvalue weighted by atomic mass is 9.73. The molecule has 0 aliphatic carbocycles. The second-order valence-corrected chi connectivity index (χ2v) is 8.11. The number of hydrogen-bond donors (Lipinski definition) is 0. The molecule has 2 saturated heterocycles. The number of aromatic nitrogens is 2. The van der Waals surface area contributed by atoms with Crippen molar-refractivity contribution in [3.8, 4) is 0 Å². The summed E-state index contributed by atoms with van der Waals surface area (Å²) in [5.74, 6) is 0.236. The number of aryl methyl sites for hydroxylation is 1. The fraction of sp³-hybridized carbons (Fsp3) is 0.571. The zero-order chi connectivity index (χ0) is 19.7. The van der Waals surface area contributed by atoms with Gasteiger partial charge in [0.15, 0.2) is 0 Å². The van der Waals surface area contributed by atoms with E-state index in [-0.39, 0.29) is 17.2 Å². The van der Waals surface area contributed by atoms with Gasteiger partial charge in [-0.1, -0.05) is 6.07 Å². The van der Waals surface area contributed by atoms with Gasteiger partial charge in [-0.2, -0.15) is 0 Å². The maximum Gasteiger partial charge on any atom is 0.272 e. The molecule has 2 aromatic rings. The van der Waals surface area contributed by atoms with Crippen molar-refractivity contribution in [1.82, 2.24) is 19.2 Å². The maximum atomic E-state index is 13.4. The molecule has 0 bridgehead atoms. The van der Waals surface area contributed by atoms with Crippen molar-refractivity contribution in [2.75, 3.05) is 39.9 Å². The third-order valence-corrected chi connectivity index (χ3v) is 6.17. The van der Waals surface area contributed by atoms with E-state index in [9.17, 15) is 9.59 Å². The Hall–Kier alpha value is -2.41. The summed E-state index contributed by atoms with van der Waals surface area (Å²) < 4.78 is 7.05. The van der Waals surface area contributed by atoms with E-state index in [1.165, 1.54) is 0 Å². The minimum absolute atomic E-state index is 0.00996. The molecule has 0 radical (unpaired) electrons. The highest BCUT2D eigenvalue weighted by Gasteiger charge is 2.43. The first-order chi connectivity index (χ1) is 13.5. The highest BCUT2D eigenvalue weighted by molar-refractivity contribution is 5.94. The van der Waals surface area contributed by atoms with E-state index in [4.69, 9.17) is 4.74 Å². The summed E-state index contributed by atoms with van der Waals surface area (Å²) in [5, 5.41) is 0. The fourth-order valence-corrected chi connectivity index (χ4v) is 4.74. The minimum atomic E-state index is -0.00996. The van der Waals surface area contributed by atoms with E-state index in [0.29, 0.717) is 38.4 Å². The molecule has 0 aromatic carbocycles. The molecular formula is C21H28N4O3. The molecule has 2 aliphatic heterocycles. The summed E-state index contributed by atoms with van der Waals surface area (Å²) in [7, 11) is 1.66. The van der Waals surface area contributed by atoms with E-state index < -0.39 is 0 Å². The van der Waals surface area contributed by atoms with Crippen LogP contribution in [0.1, 0.15) is 41.9 Å². The zero-order valence-corrected chi connectivity index (χ0v) is 16.7. The fourth-order valence-electron chi connectivity index (χ4n) is 4.74. The Bertz CT molecular complexity index is 893. The van der Waals surface area contributed by atoms with E-state index >= 15 is 0 Å². The number of piperidine rings is 2. The molecule has 28 heavy (non-hydrogen) atoms. The lowest BCUT2D eigenvalue weighted by Gasteiger charge is -2.48. The summed E-state index contributed by atoms with van der Waals surface area (Å²) in [6.07, 6.45) is 5.33. The molecule has 2 fully saturated rings. The number of nitrogens with zero attached hydrogens (tertiary/aromatic N) is 4. The van der Waals surface area contributed by atoms with E-state index in [2.05, 4.69) is 4.98 Å². The number of imidazole rings is 1. The predicted octanol–water partition coefficient (Wildman–Crippen LogP) is 2.13. The Morgan fingerprint density at radius 2 is 2.14 bits per heavy atom. The minimum Gasteiger partial charge on any atom is -0.383 e. The van der Waals surface area contributed by atoms with Gasteiger partial charge in [-0.25, -0.2) is 4.98 Å². The molecule has 2 aliphatic rings. The predicted molar refractivity (Wildman–Crippen MR) is 105 cm³/mol. The SMILES string of the molecule is COCCN1CC2(CCCN(C(=O)c3c(C)nc4ccccn34)C2)CCC1=O. The van der Waals surface area contributed by atoms with Crippen LogP contribution in [0.4, 0.5) is 0 Å². The molecule has 2 aromatic heterocycles. The third-order valence-electron chi connectivity index (χ3n) is 6.17. The van der Waals surface area contributed by atoms with E-state index in [1.807, 2.05) is 45.5 Å². The van der Waals surface area contributed by atoms with Crippen LogP contribution in [0.5, 0.6) is 0 Å². The Labute approximate surface area is 165 Å². The van der Waals surface area contributed by atoms with Gasteiger partial charge in [0.25, 0.3) is 5.91 Å². The van der Waals surface area contributed by atoms with Crippen LogP contribution in [0, 0.1) is 12.3 Å². The average Bonchev–Trinajstić information content (AvgIpc) is 3.04. The molecule has 4 heterocycles. The number of carbonyl (C=O) groups excluding carboxylic acids is 2. The van der Waals surface area contributed by atoms with Gasteiger partial charge < -0.3 is 14.5 Å². The number of likely N-dealkylation sites (tertiary alicyclic amines) is 2. The van der Waals surface area contributed by atoms with Crippen LogP contribution < -0.4 is 0 Å². The smallest absolute Gasteiger partial charge is 0.272 e. The molecule has 0 N–H and O–H groups in total. The number of fused-ring (bicyclic) bond motifs is 1. The lowest BCUT2D eigenvalue weighted by molar-refractivity contribution is -0.139. The molecule has 0 saturated carbocycles. The van der Waals surface area contributed by atoms with Crippen LogP contribution in [0.25, 0.3) is 5.65 Å².